The molecule has 2 unspecified atom stereocenters. The van der Waals surface area contributed by atoms with Crippen molar-refractivity contribution in [1.82, 2.24) is 0 Å². The molecule has 1 aliphatic carbocycles. The highest BCUT2D eigenvalue weighted by molar-refractivity contribution is 5.33. The van der Waals surface area contributed by atoms with E-state index >= 15 is 0 Å². The molecular weight excluding hydrogens is 222 g/mol. The van der Waals surface area contributed by atoms with Crippen molar-refractivity contribution in [2.24, 2.45) is 5.73 Å². The SMILES string of the molecule is NC1CC1c1ccc(OCc2ccccc2)cc1. The van der Waals surface area contributed by atoms with Crippen LogP contribution >= 0.6 is 0 Å². The molecule has 0 bridgehead atoms. The third-order valence-corrected chi connectivity index (χ3v) is 3.40. The van der Waals surface area contributed by atoms with Gasteiger partial charge in [0.1, 0.15) is 12.4 Å². The Morgan fingerprint density at radius 1 is 1.00 bits per heavy atom. The van der Waals surface area contributed by atoms with Gasteiger partial charge in [-0.2, -0.15) is 0 Å². The van der Waals surface area contributed by atoms with Gasteiger partial charge in [0.05, 0.1) is 0 Å². The van der Waals surface area contributed by atoms with Crippen LogP contribution in [-0.4, -0.2) is 6.04 Å². The number of benzene rings is 2. The predicted octanol–water partition coefficient (Wildman–Crippen LogP) is 3.08. The Morgan fingerprint density at radius 3 is 2.28 bits per heavy atom. The molecule has 1 aliphatic rings. The number of nitrogens with two attached hydrogens (primary N) is 1. The monoisotopic (exact) mass is 239 g/mol. The van der Waals surface area contributed by atoms with Crippen molar-refractivity contribution in [3.63, 3.8) is 0 Å². The Balaban J connectivity index is 1.60. The van der Waals surface area contributed by atoms with Gasteiger partial charge < -0.3 is 10.5 Å². The minimum Gasteiger partial charge on any atom is -0.489 e. The largest absolute Gasteiger partial charge is 0.489 e. The summed E-state index contributed by atoms with van der Waals surface area (Å²) in [4.78, 5) is 0. The second-order valence-corrected chi connectivity index (χ2v) is 4.85. The van der Waals surface area contributed by atoms with Crippen LogP contribution in [0.5, 0.6) is 5.75 Å². The molecule has 2 aromatic rings. The van der Waals surface area contributed by atoms with Crippen LogP contribution in [0.15, 0.2) is 54.6 Å². The summed E-state index contributed by atoms with van der Waals surface area (Å²) in [7, 11) is 0. The average Bonchev–Trinajstić information content (AvgIpc) is 3.15. The van der Waals surface area contributed by atoms with Crippen LogP contribution in [0, 0.1) is 0 Å². The first-order valence-corrected chi connectivity index (χ1v) is 6.35. The second-order valence-electron chi connectivity index (χ2n) is 4.85. The molecule has 0 aliphatic heterocycles. The highest BCUT2D eigenvalue weighted by atomic mass is 16.5. The normalized spacial score (nSPS) is 21.6. The lowest BCUT2D eigenvalue weighted by Gasteiger charge is -2.07. The summed E-state index contributed by atoms with van der Waals surface area (Å²) in [5.74, 6) is 1.48. The minimum atomic E-state index is 0.362. The van der Waals surface area contributed by atoms with Crippen LogP contribution in [0.1, 0.15) is 23.5 Å². The van der Waals surface area contributed by atoms with Gasteiger partial charge in [-0.3, -0.25) is 0 Å². The summed E-state index contributed by atoms with van der Waals surface area (Å²) >= 11 is 0. The van der Waals surface area contributed by atoms with E-state index in [9.17, 15) is 0 Å². The van der Waals surface area contributed by atoms with Crippen molar-refractivity contribution in [3.05, 3.63) is 65.7 Å². The van der Waals surface area contributed by atoms with E-state index in [4.69, 9.17) is 10.5 Å². The summed E-state index contributed by atoms with van der Waals surface area (Å²) in [5, 5.41) is 0. The van der Waals surface area contributed by atoms with Gasteiger partial charge in [-0.1, -0.05) is 42.5 Å². The lowest BCUT2D eigenvalue weighted by Crippen LogP contribution is -2.01. The Kier molecular flexibility index (Phi) is 3.03. The highest BCUT2D eigenvalue weighted by Crippen LogP contribution is 2.39. The van der Waals surface area contributed by atoms with E-state index in [2.05, 4.69) is 24.3 Å². The van der Waals surface area contributed by atoms with Crippen molar-refractivity contribution in [2.75, 3.05) is 0 Å². The van der Waals surface area contributed by atoms with Crippen molar-refractivity contribution in [1.29, 1.82) is 0 Å². The van der Waals surface area contributed by atoms with Gasteiger partial charge in [-0.25, -0.2) is 0 Å². The van der Waals surface area contributed by atoms with E-state index in [1.165, 1.54) is 11.1 Å². The molecule has 0 aromatic heterocycles. The zero-order valence-electron chi connectivity index (χ0n) is 10.3. The Morgan fingerprint density at radius 2 is 1.67 bits per heavy atom. The molecule has 0 radical (unpaired) electrons. The smallest absolute Gasteiger partial charge is 0.119 e. The Hall–Kier alpha value is -1.80. The van der Waals surface area contributed by atoms with Gasteiger partial charge >= 0.3 is 0 Å². The highest BCUT2D eigenvalue weighted by Gasteiger charge is 2.34. The second kappa shape index (κ2) is 4.83. The van der Waals surface area contributed by atoms with Gasteiger partial charge in [0.2, 0.25) is 0 Å². The first-order valence-electron chi connectivity index (χ1n) is 6.35. The molecule has 2 heteroatoms. The molecule has 2 nitrogen and oxygen atoms in total. The number of ether oxygens (including phenoxy) is 1. The van der Waals surface area contributed by atoms with E-state index in [1.807, 2.05) is 30.3 Å². The lowest BCUT2D eigenvalue weighted by molar-refractivity contribution is 0.306. The molecule has 18 heavy (non-hydrogen) atoms. The third-order valence-electron chi connectivity index (χ3n) is 3.40. The van der Waals surface area contributed by atoms with Gasteiger partial charge in [0.15, 0.2) is 0 Å². The Labute approximate surface area is 107 Å². The van der Waals surface area contributed by atoms with Crippen molar-refractivity contribution in [2.45, 2.75) is 25.0 Å². The molecule has 1 fully saturated rings. The van der Waals surface area contributed by atoms with Crippen LogP contribution in [0.4, 0.5) is 0 Å². The first-order chi connectivity index (χ1) is 8.83. The summed E-state index contributed by atoms with van der Waals surface area (Å²) in [6.07, 6.45) is 1.12. The van der Waals surface area contributed by atoms with Gasteiger partial charge in [0, 0.05) is 12.0 Å². The summed E-state index contributed by atoms with van der Waals surface area (Å²) in [5.41, 5.74) is 8.35. The van der Waals surface area contributed by atoms with Crippen LogP contribution in [0.25, 0.3) is 0 Å². The van der Waals surface area contributed by atoms with Crippen molar-refractivity contribution in [3.8, 4) is 5.75 Å². The van der Waals surface area contributed by atoms with E-state index in [0.717, 1.165) is 12.2 Å². The van der Waals surface area contributed by atoms with Crippen LogP contribution in [-0.2, 0) is 6.61 Å². The summed E-state index contributed by atoms with van der Waals surface area (Å²) in [6, 6.07) is 18.9. The maximum Gasteiger partial charge on any atom is 0.119 e. The molecule has 1 saturated carbocycles. The standard InChI is InChI=1S/C16H17NO/c17-16-10-15(16)13-6-8-14(9-7-13)18-11-12-4-2-1-3-5-12/h1-9,15-16H,10-11,17H2. The van der Waals surface area contributed by atoms with E-state index in [1.54, 1.807) is 0 Å². The van der Waals surface area contributed by atoms with E-state index < -0.39 is 0 Å². The lowest BCUT2D eigenvalue weighted by atomic mass is 10.1. The van der Waals surface area contributed by atoms with Gasteiger partial charge in [-0.15, -0.1) is 0 Å². The average molecular weight is 239 g/mol. The fraction of sp³-hybridized carbons (Fsp3) is 0.250. The van der Waals surface area contributed by atoms with Crippen LogP contribution < -0.4 is 10.5 Å². The molecule has 0 spiro atoms. The zero-order valence-corrected chi connectivity index (χ0v) is 10.3. The molecule has 0 amide bonds. The number of rotatable bonds is 4. The van der Waals surface area contributed by atoms with Crippen molar-refractivity contribution >= 4 is 0 Å². The van der Waals surface area contributed by atoms with Crippen LogP contribution in [0.3, 0.4) is 0 Å². The fourth-order valence-corrected chi connectivity index (χ4v) is 2.15. The third kappa shape index (κ3) is 2.54. The maximum atomic E-state index is 5.84. The quantitative estimate of drug-likeness (QED) is 0.890. The molecule has 0 heterocycles. The molecule has 2 atom stereocenters. The molecule has 3 rings (SSSR count). The summed E-state index contributed by atoms with van der Waals surface area (Å²) in [6.45, 7) is 0.614. The fourth-order valence-electron chi connectivity index (χ4n) is 2.15. The number of hydrogen-bond donors (Lipinski definition) is 1. The number of hydrogen-bond acceptors (Lipinski definition) is 2. The predicted molar refractivity (Wildman–Crippen MR) is 72.5 cm³/mol. The first kappa shape index (κ1) is 11.3. The molecule has 0 saturated heterocycles. The van der Waals surface area contributed by atoms with Gasteiger partial charge in [-0.05, 0) is 29.7 Å². The molecule has 2 N–H and O–H groups in total. The van der Waals surface area contributed by atoms with E-state index in [-0.39, 0.29) is 0 Å². The van der Waals surface area contributed by atoms with Crippen molar-refractivity contribution < 1.29 is 4.74 Å². The maximum absolute atomic E-state index is 5.84. The molecule has 92 valence electrons. The van der Waals surface area contributed by atoms with Crippen LogP contribution in [0.2, 0.25) is 0 Å². The Bertz CT molecular complexity index is 506. The molecule has 2 aromatic carbocycles. The topological polar surface area (TPSA) is 35.2 Å². The van der Waals surface area contributed by atoms with E-state index in [0.29, 0.717) is 18.6 Å². The summed E-state index contributed by atoms with van der Waals surface area (Å²) < 4.78 is 5.74. The molecular formula is C16H17NO. The zero-order chi connectivity index (χ0) is 12.4. The minimum absolute atomic E-state index is 0.362. The van der Waals surface area contributed by atoms with Gasteiger partial charge in [0.25, 0.3) is 0 Å².